The molecule has 1 saturated carbocycles. The van der Waals surface area contributed by atoms with Crippen LogP contribution in [0.3, 0.4) is 0 Å². The molecule has 0 spiro atoms. The van der Waals surface area contributed by atoms with Gasteiger partial charge in [0.1, 0.15) is 0 Å². The number of aliphatic hydroxyl groups is 1. The van der Waals surface area contributed by atoms with Crippen molar-refractivity contribution < 1.29 is 5.11 Å². The van der Waals surface area contributed by atoms with E-state index in [1.54, 1.807) is 0 Å². The van der Waals surface area contributed by atoms with Crippen LogP contribution in [0.4, 0.5) is 0 Å². The van der Waals surface area contributed by atoms with Gasteiger partial charge >= 0.3 is 0 Å². The van der Waals surface area contributed by atoms with Crippen LogP contribution in [-0.2, 0) is 0 Å². The second-order valence-electron chi connectivity index (χ2n) is 8.38. The van der Waals surface area contributed by atoms with Crippen LogP contribution in [0.5, 0.6) is 0 Å². The fourth-order valence-corrected chi connectivity index (χ4v) is 3.29. The van der Waals surface area contributed by atoms with Gasteiger partial charge in [-0.1, -0.05) is 45.1 Å². The van der Waals surface area contributed by atoms with Crippen molar-refractivity contribution in [3.05, 3.63) is 12.7 Å². The first-order valence-electron chi connectivity index (χ1n) is 9.71. The minimum atomic E-state index is -0.513. The molecule has 0 amide bonds. The Bertz CT molecular complexity index is 355. The summed E-state index contributed by atoms with van der Waals surface area (Å²) in [7, 11) is 0. The quantitative estimate of drug-likeness (QED) is 0.240. The number of allylic oxidation sites excluding steroid dienone is 1. The standard InChI is InChI=1S/C21H39NO/c1-5-6-7-8-9-10-11-12-16-22-18-19-17-21(19,4)15-13-14-20(2,3)23/h5,18-19,23H,1,6-17H2,2-4H3. The molecule has 1 aliphatic rings. The summed E-state index contributed by atoms with van der Waals surface area (Å²) in [5.74, 6) is 0.684. The third kappa shape index (κ3) is 9.96. The molecule has 0 radical (unpaired) electrons. The summed E-state index contributed by atoms with van der Waals surface area (Å²) in [6.45, 7) is 10.9. The fourth-order valence-electron chi connectivity index (χ4n) is 3.29. The van der Waals surface area contributed by atoms with Gasteiger partial charge in [-0.2, -0.15) is 0 Å². The van der Waals surface area contributed by atoms with E-state index in [4.69, 9.17) is 0 Å². The van der Waals surface area contributed by atoms with Crippen LogP contribution in [-0.4, -0.2) is 23.5 Å². The van der Waals surface area contributed by atoms with E-state index in [9.17, 15) is 5.11 Å². The van der Waals surface area contributed by atoms with E-state index in [1.807, 2.05) is 19.9 Å². The molecule has 0 heterocycles. The van der Waals surface area contributed by atoms with Gasteiger partial charge in [-0.25, -0.2) is 0 Å². The molecule has 0 aromatic carbocycles. The van der Waals surface area contributed by atoms with Crippen molar-refractivity contribution in [1.82, 2.24) is 0 Å². The van der Waals surface area contributed by atoms with Gasteiger partial charge in [0.2, 0.25) is 0 Å². The molecule has 2 nitrogen and oxygen atoms in total. The third-order valence-corrected chi connectivity index (χ3v) is 5.19. The Kier molecular flexibility index (Phi) is 9.12. The highest BCUT2D eigenvalue weighted by molar-refractivity contribution is 5.66. The summed E-state index contributed by atoms with van der Waals surface area (Å²) in [5.41, 5.74) is -0.0551. The molecule has 2 unspecified atom stereocenters. The minimum absolute atomic E-state index is 0.458. The van der Waals surface area contributed by atoms with Crippen molar-refractivity contribution in [3.63, 3.8) is 0 Å². The molecular formula is C21H39NO. The molecule has 0 saturated heterocycles. The number of hydrogen-bond donors (Lipinski definition) is 1. The van der Waals surface area contributed by atoms with Gasteiger partial charge in [0.15, 0.2) is 0 Å². The molecule has 2 heteroatoms. The molecule has 1 rings (SSSR count). The van der Waals surface area contributed by atoms with E-state index in [2.05, 4.69) is 24.7 Å². The van der Waals surface area contributed by atoms with Crippen LogP contribution >= 0.6 is 0 Å². The summed E-state index contributed by atoms with van der Waals surface area (Å²) in [6.07, 6.45) is 17.8. The summed E-state index contributed by atoms with van der Waals surface area (Å²) in [4.78, 5) is 4.65. The van der Waals surface area contributed by atoms with Gasteiger partial charge in [0.05, 0.1) is 5.60 Å². The van der Waals surface area contributed by atoms with Crippen LogP contribution < -0.4 is 0 Å². The van der Waals surface area contributed by atoms with Gasteiger partial charge in [0.25, 0.3) is 0 Å². The lowest BCUT2D eigenvalue weighted by Gasteiger charge is -2.18. The Morgan fingerprint density at radius 1 is 1.13 bits per heavy atom. The lowest BCUT2D eigenvalue weighted by molar-refractivity contribution is 0.0665. The molecule has 0 aliphatic heterocycles. The topological polar surface area (TPSA) is 32.6 Å². The smallest absolute Gasteiger partial charge is 0.0591 e. The van der Waals surface area contributed by atoms with E-state index in [0.29, 0.717) is 11.3 Å². The molecule has 2 atom stereocenters. The van der Waals surface area contributed by atoms with E-state index in [0.717, 1.165) is 19.4 Å². The second kappa shape index (κ2) is 10.3. The normalized spacial score (nSPS) is 24.3. The van der Waals surface area contributed by atoms with Crippen molar-refractivity contribution in [2.75, 3.05) is 6.54 Å². The predicted molar refractivity (Wildman–Crippen MR) is 102 cm³/mol. The highest BCUT2D eigenvalue weighted by Gasteiger charge is 2.48. The number of aliphatic imine (C=N–C) groups is 1. The van der Waals surface area contributed by atoms with Gasteiger partial charge in [-0.3, -0.25) is 4.99 Å². The van der Waals surface area contributed by atoms with Gasteiger partial charge in [-0.15, -0.1) is 6.58 Å². The maximum absolute atomic E-state index is 9.77. The second-order valence-corrected chi connectivity index (χ2v) is 8.38. The first-order chi connectivity index (χ1) is 10.9. The van der Waals surface area contributed by atoms with Crippen LogP contribution in [0.15, 0.2) is 17.6 Å². The SMILES string of the molecule is C=CCCCCCCCCN=CC1CC1(C)CCCC(C)(C)O. The largest absolute Gasteiger partial charge is 0.390 e. The Balaban J connectivity index is 1.97. The molecular weight excluding hydrogens is 282 g/mol. The van der Waals surface area contributed by atoms with Gasteiger partial charge < -0.3 is 5.11 Å². The Morgan fingerprint density at radius 2 is 1.78 bits per heavy atom. The molecule has 134 valence electrons. The minimum Gasteiger partial charge on any atom is -0.390 e. The van der Waals surface area contributed by atoms with Crippen molar-refractivity contribution in [2.24, 2.45) is 16.3 Å². The lowest BCUT2D eigenvalue weighted by atomic mass is 9.94. The van der Waals surface area contributed by atoms with Gasteiger partial charge in [0, 0.05) is 12.8 Å². The van der Waals surface area contributed by atoms with Crippen LogP contribution in [0.2, 0.25) is 0 Å². The van der Waals surface area contributed by atoms with Crippen LogP contribution in [0.25, 0.3) is 0 Å². The highest BCUT2D eigenvalue weighted by Crippen LogP contribution is 2.54. The predicted octanol–water partition coefficient (Wildman–Crippen LogP) is 5.94. The monoisotopic (exact) mass is 321 g/mol. The Labute approximate surface area is 144 Å². The van der Waals surface area contributed by atoms with Gasteiger partial charge in [-0.05, 0) is 63.7 Å². The molecule has 1 fully saturated rings. The van der Waals surface area contributed by atoms with E-state index < -0.39 is 5.60 Å². The molecule has 0 aromatic heterocycles. The maximum atomic E-state index is 9.77. The lowest BCUT2D eigenvalue weighted by Crippen LogP contribution is -2.18. The summed E-state index contributed by atoms with van der Waals surface area (Å²) in [6, 6.07) is 0. The van der Waals surface area contributed by atoms with Crippen molar-refractivity contribution in [1.29, 1.82) is 0 Å². The average molecular weight is 322 g/mol. The zero-order valence-corrected chi connectivity index (χ0v) is 15.8. The molecule has 1 aliphatic carbocycles. The van der Waals surface area contributed by atoms with Crippen LogP contribution in [0, 0.1) is 11.3 Å². The molecule has 0 aromatic rings. The van der Waals surface area contributed by atoms with Crippen LogP contribution in [0.1, 0.15) is 91.4 Å². The number of rotatable bonds is 14. The van der Waals surface area contributed by atoms with E-state index in [1.165, 1.54) is 57.8 Å². The summed E-state index contributed by atoms with van der Waals surface area (Å²) < 4.78 is 0. The first-order valence-corrected chi connectivity index (χ1v) is 9.71. The Morgan fingerprint density at radius 3 is 2.43 bits per heavy atom. The maximum Gasteiger partial charge on any atom is 0.0591 e. The zero-order valence-electron chi connectivity index (χ0n) is 15.8. The number of nitrogens with zero attached hydrogens (tertiary/aromatic N) is 1. The van der Waals surface area contributed by atoms with Crippen molar-refractivity contribution in [3.8, 4) is 0 Å². The van der Waals surface area contributed by atoms with Crippen molar-refractivity contribution in [2.45, 2.75) is 97.0 Å². The summed E-state index contributed by atoms with van der Waals surface area (Å²) in [5, 5.41) is 9.77. The molecule has 23 heavy (non-hydrogen) atoms. The van der Waals surface area contributed by atoms with E-state index in [-0.39, 0.29) is 0 Å². The third-order valence-electron chi connectivity index (χ3n) is 5.19. The molecule has 1 N–H and O–H groups in total. The molecule has 0 bridgehead atoms. The Hall–Kier alpha value is -0.630. The number of hydrogen-bond acceptors (Lipinski definition) is 2. The fraction of sp³-hybridized carbons (Fsp3) is 0.857. The summed E-state index contributed by atoms with van der Waals surface area (Å²) >= 11 is 0. The van der Waals surface area contributed by atoms with E-state index >= 15 is 0 Å². The number of unbranched alkanes of at least 4 members (excludes halogenated alkanes) is 6. The highest BCUT2D eigenvalue weighted by atomic mass is 16.3. The first kappa shape index (κ1) is 20.4. The average Bonchev–Trinajstić information content (AvgIpc) is 3.10. The zero-order chi connectivity index (χ0) is 17.2. The van der Waals surface area contributed by atoms with Crippen molar-refractivity contribution >= 4 is 6.21 Å².